The number of benzene rings is 2. The van der Waals surface area contributed by atoms with E-state index in [2.05, 4.69) is 6.07 Å². The molecule has 1 amide bonds. The summed E-state index contributed by atoms with van der Waals surface area (Å²) in [6.45, 7) is 0.789. The number of carbonyl (C=O) groups excluding carboxylic acids is 1. The number of phenols is 1. The van der Waals surface area contributed by atoms with Gasteiger partial charge >= 0.3 is 0 Å². The first-order chi connectivity index (χ1) is 11.7. The monoisotopic (exact) mass is 338 g/mol. The number of rotatable bonds is 3. The van der Waals surface area contributed by atoms with Gasteiger partial charge < -0.3 is 10.0 Å². The summed E-state index contributed by atoms with van der Waals surface area (Å²) >= 11 is 1.69. The van der Waals surface area contributed by atoms with Gasteiger partial charge in [-0.2, -0.15) is 0 Å². The van der Waals surface area contributed by atoms with E-state index in [0.717, 1.165) is 35.5 Å². The van der Waals surface area contributed by atoms with Crippen LogP contribution in [0.3, 0.4) is 0 Å². The Morgan fingerprint density at radius 3 is 2.79 bits per heavy atom. The summed E-state index contributed by atoms with van der Waals surface area (Å²) < 4.78 is 1.17. The average Bonchev–Trinajstić information content (AvgIpc) is 3.23. The molecule has 0 radical (unpaired) electrons. The summed E-state index contributed by atoms with van der Waals surface area (Å²) in [6.07, 6.45) is 2.35. The number of aromatic nitrogens is 1. The van der Waals surface area contributed by atoms with Gasteiger partial charge in [-0.3, -0.25) is 4.79 Å². The van der Waals surface area contributed by atoms with Gasteiger partial charge in [-0.15, -0.1) is 11.3 Å². The van der Waals surface area contributed by atoms with E-state index < -0.39 is 0 Å². The third-order valence-electron chi connectivity index (χ3n) is 4.46. The van der Waals surface area contributed by atoms with Crippen LogP contribution in [0, 0.1) is 0 Å². The lowest BCUT2D eigenvalue weighted by atomic mass is 10.1. The van der Waals surface area contributed by atoms with Gasteiger partial charge in [0.1, 0.15) is 10.8 Å². The van der Waals surface area contributed by atoms with Gasteiger partial charge in [-0.25, -0.2) is 4.98 Å². The van der Waals surface area contributed by atoms with Crippen molar-refractivity contribution in [3.05, 3.63) is 59.1 Å². The number of fused-ring (bicyclic) bond motifs is 1. The van der Waals surface area contributed by atoms with Crippen molar-refractivity contribution in [3.63, 3.8) is 0 Å². The summed E-state index contributed by atoms with van der Waals surface area (Å²) in [6, 6.07) is 15.1. The molecule has 1 aromatic heterocycles. The quantitative estimate of drug-likeness (QED) is 0.788. The van der Waals surface area contributed by atoms with Gasteiger partial charge in [0.2, 0.25) is 5.91 Å². The molecule has 2 aromatic carbocycles. The number of para-hydroxylation sites is 1. The molecule has 4 nitrogen and oxygen atoms in total. The molecule has 1 unspecified atom stereocenters. The smallest absolute Gasteiger partial charge is 0.227 e. The third kappa shape index (κ3) is 2.87. The zero-order valence-corrected chi connectivity index (χ0v) is 14.0. The maximum Gasteiger partial charge on any atom is 0.227 e. The number of hydrogen-bond donors (Lipinski definition) is 1. The van der Waals surface area contributed by atoms with Crippen molar-refractivity contribution in [1.29, 1.82) is 0 Å². The first kappa shape index (κ1) is 15.1. The van der Waals surface area contributed by atoms with E-state index in [1.165, 1.54) is 4.70 Å². The fraction of sp³-hybridized carbons (Fsp3) is 0.263. The van der Waals surface area contributed by atoms with Crippen LogP contribution in [0.4, 0.5) is 0 Å². The van der Waals surface area contributed by atoms with Crippen molar-refractivity contribution in [2.45, 2.75) is 25.3 Å². The molecule has 0 saturated carbocycles. The maximum atomic E-state index is 12.7. The minimum Gasteiger partial charge on any atom is -0.508 e. The predicted octanol–water partition coefficient (Wildman–Crippen LogP) is 3.91. The lowest BCUT2D eigenvalue weighted by molar-refractivity contribution is -0.131. The number of likely N-dealkylation sites (tertiary alicyclic amines) is 1. The number of thiazole rings is 1. The van der Waals surface area contributed by atoms with Crippen LogP contribution in [0.2, 0.25) is 0 Å². The van der Waals surface area contributed by atoms with Crippen LogP contribution in [0.5, 0.6) is 5.75 Å². The Balaban J connectivity index is 1.55. The zero-order chi connectivity index (χ0) is 16.5. The fourth-order valence-electron chi connectivity index (χ4n) is 3.24. The second-order valence-corrected chi connectivity index (χ2v) is 7.17. The molecular weight excluding hydrogens is 320 g/mol. The minimum absolute atomic E-state index is 0.0898. The van der Waals surface area contributed by atoms with Crippen LogP contribution < -0.4 is 0 Å². The molecule has 24 heavy (non-hydrogen) atoms. The van der Waals surface area contributed by atoms with E-state index in [-0.39, 0.29) is 17.7 Å². The standard InChI is InChI=1S/C19H18N2O2S/c22-14-9-7-13(8-10-14)12-18(23)21-11-3-5-16(21)19-20-15-4-1-2-6-17(15)24-19/h1-2,4,6-10,16,22H,3,5,11-12H2. The Bertz CT molecular complexity index is 839. The molecule has 1 aliphatic heterocycles. The number of aromatic hydroxyl groups is 1. The second-order valence-electron chi connectivity index (χ2n) is 6.11. The van der Waals surface area contributed by atoms with Crippen LogP contribution in [0.1, 0.15) is 29.5 Å². The first-order valence-electron chi connectivity index (χ1n) is 8.13. The number of hydrogen-bond acceptors (Lipinski definition) is 4. The van der Waals surface area contributed by atoms with Crippen LogP contribution in [-0.2, 0) is 11.2 Å². The lowest BCUT2D eigenvalue weighted by Crippen LogP contribution is -2.31. The number of amides is 1. The maximum absolute atomic E-state index is 12.7. The highest BCUT2D eigenvalue weighted by molar-refractivity contribution is 7.18. The Morgan fingerprint density at radius 1 is 1.21 bits per heavy atom. The van der Waals surface area contributed by atoms with Crippen molar-refractivity contribution in [1.82, 2.24) is 9.88 Å². The van der Waals surface area contributed by atoms with Gasteiger partial charge in [0.25, 0.3) is 0 Å². The van der Waals surface area contributed by atoms with E-state index in [4.69, 9.17) is 4.98 Å². The molecule has 1 saturated heterocycles. The molecule has 5 heteroatoms. The molecule has 3 aromatic rings. The van der Waals surface area contributed by atoms with Crippen LogP contribution >= 0.6 is 11.3 Å². The average molecular weight is 338 g/mol. The summed E-state index contributed by atoms with van der Waals surface area (Å²) in [7, 11) is 0. The van der Waals surface area contributed by atoms with Crippen molar-refractivity contribution < 1.29 is 9.90 Å². The van der Waals surface area contributed by atoms with Gasteiger partial charge in [0, 0.05) is 6.54 Å². The largest absolute Gasteiger partial charge is 0.508 e. The molecular formula is C19H18N2O2S. The topological polar surface area (TPSA) is 53.4 Å². The van der Waals surface area contributed by atoms with Crippen molar-refractivity contribution in [3.8, 4) is 5.75 Å². The predicted molar refractivity (Wildman–Crippen MR) is 95.1 cm³/mol. The Hall–Kier alpha value is -2.40. The van der Waals surface area contributed by atoms with Gasteiger partial charge in [-0.1, -0.05) is 24.3 Å². The van der Waals surface area contributed by atoms with E-state index >= 15 is 0 Å². The van der Waals surface area contributed by atoms with E-state index in [0.29, 0.717) is 6.42 Å². The minimum atomic E-state index is 0.0898. The summed E-state index contributed by atoms with van der Waals surface area (Å²) in [5.74, 6) is 0.349. The lowest BCUT2D eigenvalue weighted by Gasteiger charge is -2.23. The zero-order valence-electron chi connectivity index (χ0n) is 13.2. The number of carbonyl (C=O) groups is 1. The summed E-state index contributed by atoms with van der Waals surface area (Å²) in [5, 5.41) is 10.4. The van der Waals surface area contributed by atoms with Gasteiger partial charge in [0.05, 0.1) is 22.7 Å². The Kier molecular flexibility index (Phi) is 3.94. The number of nitrogens with zero attached hydrogens (tertiary/aromatic N) is 2. The molecule has 122 valence electrons. The molecule has 0 spiro atoms. The molecule has 2 heterocycles. The van der Waals surface area contributed by atoms with E-state index in [1.54, 1.807) is 35.6 Å². The van der Waals surface area contributed by atoms with Crippen LogP contribution in [0.25, 0.3) is 10.2 Å². The first-order valence-corrected chi connectivity index (χ1v) is 8.95. The van der Waals surface area contributed by atoms with E-state index in [1.807, 2.05) is 23.1 Å². The highest BCUT2D eigenvalue weighted by atomic mass is 32.1. The molecule has 1 fully saturated rings. The molecule has 0 aliphatic carbocycles. The third-order valence-corrected chi connectivity index (χ3v) is 5.60. The molecule has 1 N–H and O–H groups in total. The molecule has 1 atom stereocenters. The Morgan fingerprint density at radius 2 is 2.00 bits per heavy atom. The SMILES string of the molecule is O=C(Cc1ccc(O)cc1)N1CCCC1c1nc2ccccc2s1. The molecule has 4 rings (SSSR count). The van der Waals surface area contributed by atoms with Crippen molar-refractivity contribution >= 4 is 27.5 Å². The highest BCUT2D eigenvalue weighted by Gasteiger charge is 2.32. The second kappa shape index (κ2) is 6.24. The highest BCUT2D eigenvalue weighted by Crippen LogP contribution is 2.36. The van der Waals surface area contributed by atoms with E-state index in [9.17, 15) is 9.90 Å². The summed E-state index contributed by atoms with van der Waals surface area (Å²) in [5.41, 5.74) is 1.93. The van der Waals surface area contributed by atoms with Crippen LogP contribution in [-0.4, -0.2) is 27.4 Å². The van der Waals surface area contributed by atoms with Crippen molar-refractivity contribution in [2.75, 3.05) is 6.54 Å². The number of phenolic OH excluding ortho intramolecular Hbond substituents is 1. The van der Waals surface area contributed by atoms with Gasteiger partial charge in [0.15, 0.2) is 0 Å². The molecule has 1 aliphatic rings. The fourth-order valence-corrected chi connectivity index (χ4v) is 4.36. The summed E-state index contributed by atoms with van der Waals surface area (Å²) in [4.78, 5) is 19.4. The van der Waals surface area contributed by atoms with Crippen LogP contribution in [0.15, 0.2) is 48.5 Å². The Labute approximate surface area is 144 Å². The van der Waals surface area contributed by atoms with Crippen molar-refractivity contribution in [2.24, 2.45) is 0 Å². The normalized spacial score (nSPS) is 17.5. The van der Waals surface area contributed by atoms with Gasteiger partial charge in [-0.05, 0) is 42.7 Å². The molecule has 0 bridgehead atoms.